The van der Waals surface area contributed by atoms with Crippen LogP contribution in [-0.2, 0) is 14.8 Å². The molecule has 8 heteroatoms. The van der Waals surface area contributed by atoms with E-state index in [2.05, 4.69) is 0 Å². The molecule has 3 N–H and O–H groups in total. The maximum atomic E-state index is 12.7. The second-order valence-electron chi connectivity index (χ2n) is 4.47. The van der Waals surface area contributed by atoms with Gasteiger partial charge in [-0.2, -0.15) is 4.31 Å². The van der Waals surface area contributed by atoms with Gasteiger partial charge in [0.1, 0.15) is 4.99 Å². The van der Waals surface area contributed by atoms with E-state index in [1.165, 1.54) is 17.5 Å². The lowest BCUT2D eigenvalue weighted by Gasteiger charge is -2.22. The standard InChI is InChI=1S/C13H20N2O4S2/c1-10-3-4-11(13(14)20)9-12(10)21(17,18)15(5-7-16)6-8-19-2/h3-4,9,16H,5-8H2,1-2H3,(H2,14,20). The van der Waals surface area contributed by atoms with Crippen molar-refractivity contribution in [2.75, 3.05) is 33.4 Å². The van der Waals surface area contributed by atoms with Gasteiger partial charge in [0, 0.05) is 25.8 Å². The van der Waals surface area contributed by atoms with E-state index in [0.717, 1.165) is 0 Å². The number of benzene rings is 1. The zero-order chi connectivity index (χ0) is 16.0. The quantitative estimate of drug-likeness (QED) is 0.663. The van der Waals surface area contributed by atoms with Gasteiger partial charge in [-0.3, -0.25) is 0 Å². The Bertz CT molecular complexity index is 602. The lowest BCUT2D eigenvalue weighted by molar-refractivity contribution is 0.168. The van der Waals surface area contributed by atoms with Crippen molar-refractivity contribution >= 4 is 27.2 Å². The number of nitrogens with two attached hydrogens (primary N) is 1. The lowest BCUT2D eigenvalue weighted by Crippen LogP contribution is -2.36. The minimum Gasteiger partial charge on any atom is -0.395 e. The number of aryl methyl sites for hydroxylation is 1. The molecule has 0 fully saturated rings. The lowest BCUT2D eigenvalue weighted by atomic mass is 10.1. The van der Waals surface area contributed by atoms with Crippen LogP contribution in [0.15, 0.2) is 23.1 Å². The molecule has 0 aliphatic heterocycles. The zero-order valence-electron chi connectivity index (χ0n) is 12.1. The Morgan fingerprint density at radius 3 is 2.62 bits per heavy atom. The van der Waals surface area contributed by atoms with Crippen molar-refractivity contribution in [1.82, 2.24) is 4.31 Å². The topological polar surface area (TPSA) is 92.9 Å². The predicted molar refractivity (Wildman–Crippen MR) is 84.8 cm³/mol. The molecular weight excluding hydrogens is 312 g/mol. The molecule has 0 aromatic heterocycles. The summed E-state index contributed by atoms with van der Waals surface area (Å²) in [6.07, 6.45) is 0. The van der Waals surface area contributed by atoms with Gasteiger partial charge in [-0.1, -0.05) is 24.4 Å². The number of sulfonamides is 1. The number of aliphatic hydroxyl groups is 1. The van der Waals surface area contributed by atoms with Crippen LogP contribution in [-0.4, -0.2) is 56.2 Å². The molecule has 0 amide bonds. The van der Waals surface area contributed by atoms with Crippen molar-refractivity contribution < 1.29 is 18.3 Å². The Kier molecular flexibility index (Phi) is 6.69. The average Bonchev–Trinajstić information content (AvgIpc) is 2.43. The van der Waals surface area contributed by atoms with Gasteiger partial charge >= 0.3 is 0 Å². The van der Waals surface area contributed by atoms with Gasteiger partial charge in [-0.15, -0.1) is 0 Å². The van der Waals surface area contributed by atoms with Crippen LogP contribution in [0.25, 0.3) is 0 Å². The zero-order valence-corrected chi connectivity index (χ0v) is 13.7. The molecule has 1 aromatic rings. The summed E-state index contributed by atoms with van der Waals surface area (Å²) in [5.74, 6) is 0. The van der Waals surface area contributed by atoms with E-state index in [-0.39, 0.29) is 36.2 Å². The Morgan fingerprint density at radius 1 is 1.43 bits per heavy atom. The molecule has 118 valence electrons. The fraction of sp³-hybridized carbons (Fsp3) is 0.462. The van der Waals surface area contributed by atoms with Gasteiger partial charge in [-0.05, 0) is 18.6 Å². The normalized spacial score (nSPS) is 11.8. The number of rotatable bonds is 8. The minimum atomic E-state index is -3.74. The second-order valence-corrected chi connectivity index (χ2v) is 6.81. The van der Waals surface area contributed by atoms with E-state index in [0.29, 0.717) is 11.1 Å². The second kappa shape index (κ2) is 7.81. The minimum absolute atomic E-state index is 0.00241. The molecule has 0 atom stereocenters. The highest BCUT2D eigenvalue weighted by Gasteiger charge is 2.26. The van der Waals surface area contributed by atoms with Gasteiger partial charge in [0.25, 0.3) is 0 Å². The third-order valence-electron chi connectivity index (χ3n) is 2.98. The molecule has 1 rings (SSSR count). The van der Waals surface area contributed by atoms with Crippen LogP contribution in [0.4, 0.5) is 0 Å². The summed E-state index contributed by atoms with van der Waals surface area (Å²) in [6.45, 7) is 1.84. The molecule has 0 spiro atoms. The molecule has 0 saturated carbocycles. The molecule has 0 aliphatic rings. The van der Waals surface area contributed by atoms with E-state index < -0.39 is 10.0 Å². The smallest absolute Gasteiger partial charge is 0.243 e. The van der Waals surface area contributed by atoms with Crippen LogP contribution in [0.5, 0.6) is 0 Å². The summed E-state index contributed by atoms with van der Waals surface area (Å²) in [4.78, 5) is 0.273. The Labute approximate surface area is 130 Å². The fourth-order valence-corrected chi connectivity index (χ4v) is 3.62. The van der Waals surface area contributed by atoms with Crippen LogP contribution in [0.2, 0.25) is 0 Å². The van der Waals surface area contributed by atoms with Crippen LogP contribution in [0.1, 0.15) is 11.1 Å². The number of methoxy groups -OCH3 is 1. The van der Waals surface area contributed by atoms with E-state index >= 15 is 0 Å². The first kappa shape index (κ1) is 18.0. The van der Waals surface area contributed by atoms with E-state index in [9.17, 15) is 8.42 Å². The first-order chi connectivity index (χ1) is 9.84. The van der Waals surface area contributed by atoms with Crippen molar-refractivity contribution in [2.24, 2.45) is 5.73 Å². The van der Waals surface area contributed by atoms with Crippen LogP contribution in [0.3, 0.4) is 0 Å². The summed E-state index contributed by atoms with van der Waals surface area (Å²) in [7, 11) is -2.26. The average molecular weight is 332 g/mol. The molecule has 0 radical (unpaired) electrons. The molecular formula is C13H20N2O4S2. The van der Waals surface area contributed by atoms with Gasteiger partial charge < -0.3 is 15.6 Å². The van der Waals surface area contributed by atoms with Crippen molar-refractivity contribution in [2.45, 2.75) is 11.8 Å². The van der Waals surface area contributed by atoms with E-state index in [1.54, 1.807) is 19.1 Å². The highest BCUT2D eigenvalue weighted by Crippen LogP contribution is 2.21. The third kappa shape index (κ3) is 4.45. The maximum Gasteiger partial charge on any atom is 0.243 e. The number of thiocarbonyl (C=S) groups is 1. The summed E-state index contributed by atoms with van der Waals surface area (Å²) < 4.78 is 31.5. The number of ether oxygens (including phenoxy) is 1. The summed E-state index contributed by atoms with van der Waals surface area (Å²) in [5, 5.41) is 9.07. The maximum absolute atomic E-state index is 12.7. The van der Waals surface area contributed by atoms with Gasteiger partial charge in [0.05, 0.1) is 18.1 Å². The highest BCUT2D eigenvalue weighted by molar-refractivity contribution is 7.89. The molecule has 0 unspecified atom stereocenters. The summed E-state index contributed by atoms with van der Waals surface area (Å²) >= 11 is 4.88. The first-order valence-corrected chi connectivity index (χ1v) is 8.19. The monoisotopic (exact) mass is 332 g/mol. The molecule has 0 saturated heterocycles. The number of hydrogen-bond donors (Lipinski definition) is 2. The van der Waals surface area contributed by atoms with E-state index in [1.807, 2.05) is 0 Å². The molecule has 1 aromatic carbocycles. The Morgan fingerprint density at radius 2 is 2.10 bits per heavy atom. The molecule has 6 nitrogen and oxygen atoms in total. The van der Waals surface area contributed by atoms with Crippen molar-refractivity contribution in [1.29, 1.82) is 0 Å². The van der Waals surface area contributed by atoms with E-state index in [4.69, 9.17) is 27.8 Å². The molecule has 0 bridgehead atoms. The number of nitrogens with zero attached hydrogens (tertiary/aromatic N) is 1. The SMILES string of the molecule is COCCN(CCO)S(=O)(=O)c1cc(C(N)=S)ccc1C. The van der Waals surface area contributed by atoms with Crippen LogP contribution < -0.4 is 5.73 Å². The van der Waals surface area contributed by atoms with Crippen LogP contribution in [0, 0.1) is 6.92 Å². The highest BCUT2D eigenvalue weighted by atomic mass is 32.2. The summed E-state index contributed by atoms with van der Waals surface area (Å²) in [6, 6.07) is 4.81. The van der Waals surface area contributed by atoms with Gasteiger partial charge in [-0.25, -0.2) is 8.42 Å². The van der Waals surface area contributed by atoms with Crippen LogP contribution >= 0.6 is 12.2 Å². The van der Waals surface area contributed by atoms with Gasteiger partial charge in [0.2, 0.25) is 10.0 Å². The fourth-order valence-electron chi connectivity index (χ4n) is 1.83. The van der Waals surface area contributed by atoms with Crippen molar-refractivity contribution in [3.63, 3.8) is 0 Å². The number of aliphatic hydroxyl groups excluding tert-OH is 1. The third-order valence-corrected chi connectivity index (χ3v) is 5.26. The first-order valence-electron chi connectivity index (χ1n) is 6.35. The van der Waals surface area contributed by atoms with Crippen molar-refractivity contribution in [3.05, 3.63) is 29.3 Å². The molecule has 0 aliphatic carbocycles. The summed E-state index contributed by atoms with van der Waals surface area (Å²) in [5.41, 5.74) is 6.64. The Balaban J connectivity index is 3.26. The largest absolute Gasteiger partial charge is 0.395 e. The van der Waals surface area contributed by atoms with Crippen molar-refractivity contribution in [3.8, 4) is 0 Å². The molecule has 0 heterocycles. The van der Waals surface area contributed by atoms with Gasteiger partial charge in [0.15, 0.2) is 0 Å². The molecule has 21 heavy (non-hydrogen) atoms. The number of hydrogen-bond acceptors (Lipinski definition) is 5. The Hall–Kier alpha value is -1.06. The predicted octanol–water partition coefficient (Wildman–Crippen LogP) is 0.259.